The molecule has 2 aromatic rings. The van der Waals surface area contributed by atoms with Gasteiger partial charge in [0.05, 0.1) is 6.21 Å². The molecule has 1 aromatic heterocycles. The Balaban J connectivity index is 1.53. The first-order chi connectivity index (χ1) is 9.74. The lowest BCUT2D eigenvalue weighted by Crippen LogP contribution is -2.19. The fourth-order valence-corrected chi connectivity index (χ4v) is 3.07. The van der Waals surface area contributed by atoms with Crippen molar-refractivity contribution in [3.8, 4) is 0 Å². The minimum absolute atomic E-state index is 0.0170. The zero-order valence-corrected chi connectivity index (χ0v) is 12.1. The summed E-state index contributed by atoms with van der Waals surface area (Å²) in [6.07, 6.45) is 2.62. The lowest BCUT2D eigenvalue weighted by atomic mass is 10.1. The van der Waals surface area contributed by atoms with Crippen molar-refractivity contribution in [3.63, 3.8) is 0 Å². The van der Waals surface area contributed by atoms with Gasteiger partial charge in [0.15, 0.2) is 0 Å². The molecule has 1 heterocycles. The van der Waals surface area contributed by atoms with Gasteiger partial charge in [-0.15, -0.1) is 11.3 Å². The van der Waals surface area contributed by atoms with Crippen molar-refractivity contribution in [3.05, 3.63) is 57.8 Å². The van der Waals surface area contributed by atoms with E-state index in [1.54, 1.807) is 17.6 Å². The standard InChI is InChI=1S/C16H16N2OS/c1-11-7-8-13(20-11)10-17-18-16(19)15-9-14(15)12-5-3-2-4-6-12/h2-8,10,14-15H,9H2,1H3,(H,18,19). The summed E-state index contributed by atoms with van der Waals surface area (Å²) in [6.45, 7) is 2.05. The average molecular weight is 284 g/mol. The van der Waals surface area contributed by atoms with Gasteiger partial charge in [-0.1, -0.05) is 30.3 Å². The smallest absolute Gasteiger partial charge is 0.243 e. The molecule has 1 aliphatic carbocycles. The third kappa shape index (κ3) is 2.96. The van der Waals surface area contributed by atoms with Crippen molar-refractivity contribution >= 4 is 23.5 Å². The highest BCUT2D eigenvalue weighted by Gasteiger charge is 2.43. The van der Waals surface area contributed by atoms with Gasteiger partial charge in [-0.3, -0.25) is 4.79 Å². The van der Waals surface area contributed by atoms with Crippen molar-refractivity contribution < 1.29 is 4.79 Å². The summed E-state index contributed by atoms with van der Waals surface area (Å²) in [5.41, 5.74) is 3.88. The molecule has 1 fully saturated rings. The molecule has 3 rings (SSSR count). The highest BCUT2D eigenvalue weighted by molar-refractivity contribution is 7.13. The van der Waals surface area contributed by atoms with E-state index in [0.717, 1.165) is 11.3 Å². The molecule has 0 spiro atoms. The first kappa shape index (κ1) is 13.1. The van der Waals surface area contributed by atoms with Gasteiger partial charge >= 0.3 is 0 Å². The fourth-order valence-electron chi connectivity index (χ4n) is 2.32. The Labute approximate surface area is 122 Å². The van der Waals surface area contributed by atoms with Crippen LogP contribution in [-0.2, 0) is 4.79 Å². The number of aryl methyl sites for hydroxylation is 1. The van der Waals surface area contributed by atoms with Gasteiger partial charge in [0, 0.05) is 15.7 Å². The number of amides is 1. The predicted molar refractivity (Wildman–Crippen MR) is 82.1 cm³/mol. The van der Waals surface area contributed by atoms with E-state index in [2.05, 4.69) is 29.6 Å². The number of carbonyl (C=O) groups is 1. The zero-order valence-electron chi connectivity index (χ0n) is 11.2. The van der Waals surface area contributed by atoms with Crippen LogP contribution in [-0.4, -0.2) is 12.1 Å². The second kappa shape index (κ2) is 5.59. The van der Waals surface area contributed by atoms with E-state index in [1.165, 1.54) is 10.4 Å². The number of hydrazone groups is 1. The maximum Gasteiger partial charge on any atom is 0.243 e. The van der Waals surface area contributed by atoms with E-state index in [9.17, 15) is 4.79 Å². The summed E-state index contributed by atoms with van der Waals surface area (Å²) in [5.74, 6) is 0.443. The van der Waals surface area contributed by atoms with E-state index in [1.807, 2.05) is 30.3 Å². The van der Waals surface area contributed by atoms with E-state index in [4.69, 9.17) is 0 Å². The second-order valence-corrected chi connectivity index (χ2v) is 6.36. The molecule has 1 N–H and O–H groups in total. The molecule has 2 atom stereocenters. The summed E-state index contributed by atoms with van der Waals surface area (Å²) >= 11 is 1.66. The number of carbonyl (C=O) groups excluding carboxylic acids is 1. The van der Waals surface area contributed by atoms with Gasteiger partial charge in [-0.25, -0.2) is 5.43 Å². The largest absolute Gasteiger partial charge is 0.273 e. The van der Waals surface area contributed by atoms with Crippen molar-refractivity contribution in [2.45, 2.75) is 19.3 Å². The van der Waals surface area contributed by atoms with Crippen molar-refractivity contribution in [2.75, 3.05) is 0 Å². The molecule has 4 heteroatoms. The lowest BCUT2D eigenvalue weighted by Gasteiger charge is -1.99. The summed E-state index contributed by atoms with van der Waals surface area (Å²) < 4.78 is 0. The first-order valence-corrected chi connectivity index (χ1v) is 7.50. The number of hydrogen-bond donors (Lipinski definition) is 1. The number of benzene rings is 1. The van der Waals surface area contributed by atoms with Gasteiger partial charge in [0.25, 0.3) is 0 Å². The summed E-state index contributed by atoms with van der Waals surface area (Å²) in [5, 5.41) is 4.03. The Morgan fingerprint density at radius 3 is 2.80 bits per heavy atom. The topological polar surface area (TPSA) is 41.5 Å². The van der Waals surface area contributed by atoms with Crippen LogP contribution in [0.4, 0.5) is 0 Å². The Morgan fingerprint density at radius 2 is 2.10 bits per heavy atom. The highest BCUT2D eigenvalue weighted by atomic mass is 32.1. The Bertz CT molecular complexity index is 633. The number of thiophene rings is 1. The van der Waals surface area contributed by atoms with E-state index < -0.39 is 0 Å². The van der Waals surface area contributed by atoms with Crippen LogP contribution in [0, 0.1) is 12.8 Å². The number of hydrogen-bond acceptors (Lipinski definition) is 3. The van der Waals surface area contributed by atoms with Crippen LogP contribution in [0.3, 0.4) is 0 Å². The molecule has 1 saturated carbocycles. The third-order valence-electron chi connectivity index (χ3n) is 3.48. The fraction of sp³-hybridized carbons (Fsp3) is 0.250. The van der Waals surface area contributed by atoms with Gasteiger partial charge < -0.3 is 0 Å². The molecule has 0 bridgehead atoms. The van der Waals surface area contributed by atoms with E-state index in [0.29, 0.717) is 5.92 Å². The van der Waals surface area contributed by atoms with Crippen LogP contribution in [0.15, 0.2) is 47.6 Å². The molecule has 20 heavy (non-hydrogen) atoms. The van der Waals surface area contributed by atoms with Crippen LogP contribution < -0.4 is 5.43 Å². The minimum Gasteiger partial charge on any atom is -0.273 e. The zero-order chi connectivity index (χ0) is 13.9. The molecule has 0 radical (unpaired) electrons. The molecule has 1 aromatic carbocycles. The molecule has 102 valence electrons. The molecule has 0 aliphatic heterocycles. The van der Waals surface area contributed by atoms with Gasteiger partial charge in [0.1, 0.15) is 0 Å². The van der Waals surface area contributed by atoms with Crippen LogP contribution in [0.25, 0.3) is 0 Å². The molecular weight excluding hydrogens is 268 g/mol. The normalized spacial score (nSPS) is 21.1. The SMILES string of the molecule is Cc1ccc(C=NNC(=O)C2CC2c2ccccc2)s1. The quantitative estimate of drug-likeness (QED) is 0.679. The Morgan fingerprint density at radius 1 is 1.30 bits per heavy atom. The third-order valence-corrected chi connectivity index (χ3v) is 4.42. The monoisotopic (exact) mass is 284 g/mol. The van der Waals surface area contributed by atoms with Crippen molar-refractivity contribution in [2.24, 2.45) is 11.0 Å². The lowest BCUT2D eigenvalue weighted by molar-refractivity contribution is -0.122. The maximum absolute atomic E-state index is 12.0. The van der Waals surface area contributed by atoms with Gasteiger partial charge in [-0.05, 0) is 37.0 Å². The number of nitrogens with zero attached hydrogens (tertiary/aromatic N) is 1. The number of nitrogens with one attached hydrogen (secondary N) is 1. The second-order valence-electron chi connectivity index (χ2n) is 5.04. The van der Waals surface area contributed by atoms with Crippen LogP contribution in [0.2, 0.25) is 0 Å². The first-order valence-electron chi connectivity index (χ1n) is 6.68. The molecule has 1 aliphatic rings. The highest BCUT2D eigenvalue weighted by Crippen LogP contribution is 2.47. The molecule has 2 unspecified atom stereocenters. The van der Waals surface area contributed by atoms with Crippen molar-refractivity contribution in [1.29, 1.82) is 0 Å². The van der Waals surface area contributed by atoms with E-state index >= 15 is 0 Å². The summed E-state index contributed by atoms with van der Waals surface area (Å²) in [6, 6.07) is 14.2. The summed E-state index contributed by atoms with van der Waals surface area (Å²) in [4.78, 5) is 14.3. The molecule has 0 saturated heterocycles. The molecule has 1 amide bonds. The van der Waals surface area contributed by atoms with Crippen LogP contribution in [0.1, 0.15) is 27.7 Å². The molecule has 3 nitrogen and oxygen atoms in total. The van der Waals surface area contributed by atoms with E-state index in [-0.39, 0.29) is 11.8 Å². The molecular formula is C16H16N2OS. The van der Waals surface area contributed by atoms with Gasteiger partial charge in [0.2, 0.25) is 5.91 Å². The Hall–Kier alpha value is -1.94. The maximum atomic E-state index is 12.0. The summed E-state index contributed by atoms with van der Waals surface area (Å²) in [7, 11) is 0. The van der Waals surface area contributed by atoms with Crippen LogP contribution >= 0.6 is 11.3 Å². The van der Waals surface area contributed by atoms with Crippen molar-refractivity contribution in [1.82, 2.24) is 5.43 Å². The minimum atomic E-state index is 0.0170. The van der Waals surface area contributed by atoms with Gasteiger partial charge in [-0.2, -0.15) is 5.10 Å². The van der Waals surface area contributed by atoms with Crippen LogP contribution in [0.5, 0.6) is 0 Å². The number of rotatable bonds is 4. The average Bonchev–Trinajstić information content (AvgIpc) is 3.17. The predicted octanol–water partition coefficient (Wildman–Crippen LogP) is 3.31. The Kier molecular flexibility index (Phi) is 3.65.